The van der Waals surface area contributed by atoms with Crippen LogP contribution in [0, 0.1) is 18.3 Å². The van der Waals surface area contributed by atoms with Crippen molar-refractivity contribution in [2.45, 2.75) is 6.92 Å². The predicted octanol–water partition coefficient (Wildman–Crippen LogP) is 4.38. The van der Waals surface area contributed by atoms with Gasteiger partial charge in [0.1, 0.15) is 5.52 Å². The minimum atomic E-state index is -0.242. The Kier molecular flexibility index (Phi) is 4.08. The van der Waals surface area contributed by atoms with Gasteiger partial charge in [-0.1, -0.05) is 18.2 Å². The zero-order valence-electron chi connectivity index (χ0n) is 16.0. The summed E-state index contributed by atoms with van der Waals surface area (Å²) < 4.78 is 0. The Labute approximate surface area is 171 Å². The van der Waals surface area contributed by atoms with Crippen LogP contribution < -0.4 is 5.56 Å². The van der Waals surface area contributed by atoms with E-state index in [1.807, 2.05) is 43.3 Å². The van der Waals surface area contributed by atoms with Gasteiger partial charge in [-0.05, 0) is 48.9 Å². The van der Waals surface area contributed by atoms with Gasteiger partial charge in [-0.25, -0.2) is 9.97 Å². The Bertz CT molecular complexity index is 1550. The molecule has 2 aromatic carbocycles. The zero-order chi connectivity index (χ0) is 20.7. The highest BCUT2D eigenvalue weighted by Crippen LogP contribution is 2.33. The minimum absolute atomic E-state index is 0.242. The van der Waals surface area contributed by atoms with Crippen LogP contribution in [0.3, 0.4) is 0 Å². The van der Waals surface area contributed by atoms with Crippen LogP contribution in [0.4, 0.5) is 0 Å². The molecule has 6 heteroatoms. The number of benzene rings is 2. The van der Waals surface area contributed by atoms with Gasteiger partial charge in [-0.2, -0.15) is 5.26 Å². The third-order valence-corrected chi connectivity index (χ3v) is 4.99. The lowest BCUT2D eigenvalue weighted by molar-refractivity contribution is 1.19. The molecule has 0 saturated heterocycles. The average molecular weight is 389 g/mol. The molecule has 3 heterocycles. The summed E-state index contributed by atoms with van der Waals surface area (Å²) in [6.07, 6.45) is 1.78. The maximum atomic E-state index is 11.8. The van der Waals surface area contributed by atoms with Gasteiger partial charge < -0.3 is 4.98 Å². The fourth-order valence-electron chi connectivity index (χ4n) is 3.62. The number of hydrogen-bond donors (Lipinski definition) is 1. The highest BCUT2D eigenvalue weighted by molar-refractivity contribution is 5.91. The molecule has 0 saturated carbocycles. The fraction of sp³-hybridized carbons (Fsp3) is 0.0417. The minimum Gasteiger partial charge on any atom is -0.305 e. The number of hydrogen-bond acceptors (Lipinski definition) is 5. The van der Waals surface area contributed by atoms with E-state index in [1.54, 1.807) is 24.4 Å². The van der Waals surface area contributed by atoms with Crippen molar-refractivity contribution in [2.24, 2.45) is 0 Å². The van der Waals surface area contributed by atoms with Gasteiger partial charge in [0.15, 0.2) is 5.65 Å². The molecule has 0 aliphatic heterocycles. The second-order valence-corrected chi connectivity index (χ2v) is 7.04. The Morgan fingerprint density at radius 2 is 1.80 bits per heavy atom. The van der Waals surface area contributed by atoms with Crippen molar-refractivity contribution in [1.29, 1.82) is 5.26 Å². The Morgan fingerprint density at radius 3 is 2.67 bits per heavy atom. The quantitative estimate of drug-likeness (QED) is 0.483. The molecule has 0 aliphatic carbocycles. The summed E-state index contributed by atoms with van der Waals surface area (Å²) in [6, 6.07) is 20.5. The number of fused-ring (bicyclic) bond motifs is 2. The van der Waals surface area contributed by atoms with E-state index in [-0.39, 0.29) is 5.56 Å². The summed E-state index contributed by atoms with van der Waals surface area (Å²) in [5.74, 6) is 0. The molecule has 0 aliphatic rings. The van der Waals surface area contributed by atoms with Crippen LogP contribution in [0.5, 0.6) is 0 Å². The van der Waals surface area contributed by atoms with E-state index in [2.05, 4.69) is 16.0 Å². The second kappa shape index (κ2) is 6.90. The van der Waals surface area contributed by atoms with Crippen LogP contribution in [-0.4, -0.2) is 19.9 Å². The van der Waals surface area contributed by atoms with Gasteiger partial charge in [0.05, 0.1) is 28.5 Å². The average Bonchev–Trinajstić information content (AvgIpc) is 2.78. The largest absolute Gasteiger partial charge is 0.305 e. The van der Waals surface area contributed by atoms with E-state index in [0.717, 1.165) is 27.6 Å². The number of pyridine rings is 2. The first-order chi connectivity index (χ1) is 14.6. The SMILES string of the molecule is Cc1cc(-c2nc3ccc(=O)[nH]c3nc2-c2cccc(C#N)c2)cc2cccnc12. The zero-order valence-corrected chi connectivity index (χ0v) is 16.0. The van der Waals surface area contributed by atoms with Crippen LogP contribution >= 0.6 is 0 Å². The molecule has 30 heavy (non-hydrogen) atoms. The Hall–Kier alpha value is -4.37. The van der Waals surface area contributed by atoms with E-state index >= 15 is 0 Å². The number of rotatable bonds is 2. The fourth-order valence-corrected chi connectivity index (χ4v) is 3.62. The van der Waals surface area contributed by atoms with Crippen LogP contribution in [0.25, 0.3) is 44.6 Å². The molecular formula is C24H15N5O. The van der Waals surface area contributed by atoms with E-state index in [0.29, 0.717) is 28.1 Å². The molecule has 0 spiro atoms. The molecule has 0 unspecified atom stereocenters. The molecule has 3 aromatic heterocycles. The van der Waals surface area contributed by atoms with E-state index in [9.17, 15) is 10.1 Å². The molecule has 0 amide bonds. The molecule has 5 rings (SSSR count). The van der Waals surface area contributed by atoms with Crippen molar-refractivity contribution < 1.29 is 0 Å². The number of nitrogens with one attached hydrogen (secondary N) is 1. The molecule has 0 fully saturated rings. The first kappa shape index (κ1) is 17.7. The standard InChI is InChI=1S/C24H15N5O/c1-14-10-18(12-17-6-3-9-26-21(14)17)23-22(16-5-2-4-15(11-16)13-25)29-24-19(27-23)7-8-20(30)28-24/h2-12H,1H3,(H,28,29,30). The van der Waals surface area contributed by atoms with Gasteiger partial charge in [0.2, 0.25) is 5.56 Å². The van der Waals surface area contributed by atoms with Crippen molar-refractivity contribution in [3.63, 3.8) is 0 Å². The van der Waals surface area contributed by atoms with E-state index < -0.39 is 0 Å². The lowest BCUT2D eigenvalue weighted by atomic mass is 9.99. The number of H-pyrrole nitrogens is 1. The van der Waals surface area contributed by atoms with E-state index in [4.69, 9.17) is 9.97 Å². The molecule has 6 nitrogen and oxygen atoms in total. The summed E-state index contributed by atoms with van der Waals surface area (Å²) in [6.45, 7) is 2.01. The lowest BCUT2D eigenvalue weighted by Crippen LogP contribution is -2.06. The summed E-state index contributed by atoms with van der Waals surface area (Å²) in [5, 5.41) is 10.3. The number of nitrogens with zero attached hydrogens (tertiary/aromatic N) is 4. The number of aromatic nitrogens is 4. The number of nitriles is 1. The van der Waals surface area contributed by atoms with Crippen molar-refractivity contribution in [3.8, 4) is 28.6 Å². The van der Waals surface area contributed by atoms with Gasteiger partial charge >= 0.3 is 0 Å². The van der Waals surface area contributed by atoms with Gasteiger partial charge in [-0.3, -0.25) is 9.78 Å². The van der Waals surface area contributed by atoms with Crippen LogP contribution in [-0.2, 0) is 0 Å². The summed E-state index contributed by atoms with van der Waals surface area (Å²) >= 11 is 0. The van der Waals surface area contributed by atoms with Crippen molar-refractivity contribution in [3.05, 3.63) is 88.3 Å². The third kappa shape index (κ3) is 2.99. The third-order valence-electron chi connectivity index (χ3n) is 4.99. The van der Waals surface area contributed by atoms with Crippen molar-refractivity contribution in [1.82, 2.24) is 19.9 Å². The normalized spacial score (nSPS) is 10.9. The Morgan fingerprint density at radius 1 is 0.933 bits per heavy atom. The Balaban J connectivity index is 1.85. The summed E-state index contributed by atoms with van der Waals surface area (Å²) in [7, 11) is 0. The molecule has 1 N–H and O–H groups in total. The number of aromatic amines is 1. The smallest absolute Gasteiger partial charge is 0.249 e. The maximum absolute atomic E-state index is 11.8. The predicted molar refractivity (Wildman–Crippen MR) is 116 cm³/mol. The van der Waals surface area contributed by atoms with Gasteiger partial charge in [-0.15, -0.1) is 0 Å². The molecular weight excluding hydrogens is 374 g/mol. The highest BCUT2D eigenvalue weighted by Gasteiger charge is 2.16. The van der Waals surface area contributed by atoms with Crippen LogP contribution in [0.2, 0.25) is 0 Å². The first-order valence-electron chi connectivity index (χ1n) is 9.40. The van der Waals surface area contributed by atoms with Gasteiger partial charge in [0, 0.05) is 28.8 Å². The topological polar surface area (TPSA) is 95.3 Å². The highest BCUT2D eigenvalue weighted by atomic mass is 16.1. The molecule has 5 aromatic rings. The summed E-state index contributed by atoms with van der Waals surface area (Å²) in [4.78, 5) is 28.6. The summed E-state index contributed by atoms with van der Waals surface area (Å²) in [5.41, 5.74) is 6.18. The first-order valence-corrected chi connectivity index (χ1v) is 9.40. The second-order valence-electron chi connectivity index (χ2n) is 7.04. The molecule has 0 atom stereocenters. The van der Waals surface area contributed by atoms with E-state index in [1.165, 1.54) is 6.07 Å². The molecule has 0 radical (unpaired) electrons. The van der Waals surface area contributed by atoms with Crippen molar-refractivity contribution >= 4 is 22.1 Å². The molecule has 0 bridgehead atoms. The van der Waals surface area contributed by atoms with Crippen LogP contribution in [0.15, 0.2) is 71.7 Å². The number of aryl methyl sites for hydroxylation is 1. The maximum Gasteiger partial charge on any atom is 0.249 e. The van der Waals surface area contributed by atoms with Crippen molar-refractivity contribution in [2.75, 3.05) is 0 Å². The monoisotopic (exact) mass is 389 g/mol. The van der Waals surface area contributed by atoms with Gasteiger partial charge in [0.25, 0.3) is 0 Å². The lowest BCUT2D eigenvalue weighted by Gasteiger charge is -2.12. The molecule has 142 valence electrons. The van der Waals surface area contributed by atoms with Crippen LogP contribution in [0.1, 0.15) is 11.1 Å².